The Kier molecular flexibility index (Phi) is 5.17. The zero-order chi connectivity index (χ0) is 14.6. The molecule has 1 saturated heterocycles. The fourth-order valence-electron chi connectivity index (χ4n) is 3.19. The predicted molar refractivity (Wildman–Crippen MR) is 82.5 cm³/mol. The lowest BCUT2D eigenvalue weighted by molar-refractivity contribution is 0.107. The lowest BCUT2D eigenvalue weighted by Crippen LogP contribution is -2.57. The van der Waals surface area contributed by atoms with Gasteiger partial charge in [-0.25, -0.2) is 4.39 Å². The molecule has 1 atom stereocenters. The molecule has 2 nitrogen and oxygen atoms in total. The maximum atomic E-state index is 13.0. The first-order valence-electron chi connectivity index (χ1n) is 7.77. The third-order valence-corrected chi connectivity index (χ3v) is 4.58. The summed E-state index contributed by atoms with van der Waals surface area (Å²) in [6, 6.07) is 7.30. The van der Waals surface area contributed by atoms with Crippen LogP contribution >= 0.6 is 0 Å². The summed E-state index contributed by atoms with van der Waals surface area (Å²) >= 11 is 0. The predicted octanol–water partition coefficient (Wildman–Crippen LogP) is 3.22. The van der Waals surface area contributed by atoms with Gasteiger partial charge in [0.05, 0.1) is 0 Å². The van der Waals surface area contributed by atoms with Crippen molar-refractivity contribution in [2.75, 3.05) is 19.6 Å². The Labute approximate surface area is 122 Å². The van der Waals surface area contributed by atoms with Crippen LogP contribution in [-0.2, 0) is 6.42 Å². The highest BCUT2D eigenvalue weighted by Gasteiger charge is 2.36. The summed E-state index contributed by atoms with van der Waals surface area (Å²) in [7, 11) is 0. The molecule has 3 heteroatoms. The van der Waals surface area contributed by atoms with E-state index >= 15 is 0 Å². The van der Waals surface area contributed by atoms with Gasteiger partial charge in [0.2, 0.25) is 0 Å². The summed E-state index contributed by atoms with van der Waals surface area (Å²) in [6.45, 7) is 10.2. The topological polar surface area (TPSA) is 15.3 Å². The minimum atomic E-state index is -0.160. The van der Waals surface area contributed by atoms with Gasteiger partial charge in [0.15, 0.2) is 0 Å². The molecule has 0 aliphatic carbocycles. The zero-order valence-electron chi connectivity index (χ0n) is 13.0. The van der Waals surface area contributed by atoms with Crippen molar-refractivity contribution < 1.29 is 4.39 Å². The molecule has 1 aliphatic rings. The number of rotatable bonds is 6. The van der Waals surface area contributed by atoms with Crippen LogP contribution in [0.1, 0.15) is 39.2 Å². The first kappa shape index (κ1) is 15.5. The highest BCUT2D eigenvalue weighted by molar-refractivity contribution is 5.18. The van der Waals surface area contributed by atoms with E-state index in [-0.39, 0.29) is 11.4 Å². The van der Waals surface area contributed by atoms with Crippen molar-refractivity contribution in [3.8, 4) is 0 Å². The maximum Gasteiger partial charge on any atom is 0.123 e. The van der Waals surface area contributed by atoms with Crippen molar-refractivity contribution in [2.24, 2.45) is 0 Å². The number of hydrogen-bond donors (Lipinski definition) is 1. The van der Waals surface area contributed by atoms with Crippen LogP contribution in [0, 0.1) is 5.82 Å². The van der Waals surface area contributed by atoms with Crippen LogP contribution in [0.3, 0.4) is 0 Å². The molecule has 1 N–H and O–H groups in total. The van der Waals surface area contributed by atoms with Crippen molar-refractivity contribution in [3.63, 3.8) is 0 Å². The average molecular weight is 278 g/mol. The Morgan fingerprint density at radius 3 is 2.35 bits per heavy atom. The SMILES string of the molecule is CCNC(Cc1ccc(F)cc1)C(C)(C)N1CCCC1. The van der Waals surface area contributed by atoms with Crippen molar-refractivity contribution in [2.45, 2.75) is 51.6 Å². The van der Waals surface area contributed by atoms with Gasteiger partial charge in [-0.2, -0.15) is 0 Å². The summed E-state index contributed by atoms with van der Waals surface area (Å²) < 4.78 is 13.0. The van der Waals surface area contributed by atoms with Crippen molar-refractivity contribution >= 4 is 0 Å². The van der Waals surface area contributed by atoms with Gasteiger partial charge in [0.25, 0.3) is 0 Å². The molecule has 1 aromatic rings. The minimum absolute atomic E-state index is 0.126. The molecular weight excluding hydrogens is 251 g/mol. The Morgan fingerprint density at radius 2 is 1.80 bits per heavy atom. The van der Waals surface area contributed by atoms with E-state index in [4.69, 9.17) is 0 Å². The minimum Gasteiger partial charge on any atom is -0.312 e. The average Bonchev–Trinajstić information content (AvgIpc) is 2.95. The summed E-state index contributed by atoms with van der Waals surface area (Å²) in [5.74, 6) is -0.160. The normalized spacial score (nSPS) is 18.4. The third-order valence-electron chi connectivity index (χ3n) is 4.58. The second kappa shape index (κ2) is 6.68. The second-order valence-corrected chi connectivity index (χ2v) is 6.29. The second-order valence-electron chi connectivity index (χ2n) is 6.29. The number of likely N-dealkylation sites (tertiary alicyclic amines) is 1. The molecule has 0 bridgehead atoms. The van der Waals surface area contributed by atoms with E-state index in [1.165, 1.54) is 31.5 Å². The summed E-state index contributed by atoms with van der Waals surface area (Å²) in [5.41, 5.74) is 1.32. The first-order chi connectivity index (χ1) is 9.54. The Balaban J connectivity index is 2.10. The van der Waals surface area contributed by atoms with Crippen molar-refractivity contribution in [1.82, 2.24) is 10.2 Å². The number of likely N-dealkylation sites (N-methyl/N-ethyl adjacent to an activating group) is 1. The van der Waals surface area contributed by atoms with Gasteiger partial charge in [0.1, 0.15) is 5.82 Å². The van der Waals surface area contributed by atoms with Gasteiger partial charge in [-0.1, -0.05) is 19.1 Å². The van der Waals surface area contributed by atoms with E-state index in [0.717, 1.165) is 13.0 Å². The summed E-state index contributed by atoms with van der Waals surface area (Å²) in [4.78, 5) is 2.59. The van der Waals surface area contributed by atoms with Crippen LogP contribution in [0.25, 0.3) is 0 Å². The lowest BCUT2D eigenvalue weighted by atomic mass is 9.87. The molecule has 1 aromatic carbocycles. The van der Waals surface area contributed by atoms with Gasteiger partial charge in [-0.3, -0.25) is 4.90 Å². The van der Waals surface area contributed by atoms with Crippen molar-refractivity contribution in [1.29, 1.82) is 0 Å². The lowest BCUT2D eigenvalue weighted by Gasteiger charge is -2.42. The highest BCUT2D eigenvalue weighted by Crippen LogP contribution is 2.26. The Morgan fingerprint density at radius 1 is 1.20 bits per heavy atom. The molecule has 0 saturated carbocycles. The number of benzene rings is 1. The quantitative estimate of drug-likeness (QED) is 0.859. The molecule has 1 aliphatic heterocycles. The van der Waals surface area contributed by atoms with Crippen LogP contribution in [-0.4, -0.2) is 36.1 Å². The molecule has 2 rings (SSSR count). The van der Waals surface area contributed by atoms with Gasteiger partial charge < -0.3 is 5.32 Å². The number of nitrogens with one attached hydrogen (secondary N) is 1. The van der Waals surface area contributed by atoms with Gasteiger partial charge in [-0.05, 0) is 70.4 Å². The molecule has 1 fully saturated rings. The monoisotopic (exact) mass is 278 g/mol. The third kappa shape index (κ3) is 3.58. The molecule has 1 heterocycles. The van der Waals surface area contributed by atoms with Gasteiger partial charge in [0, 0.05) is 11.6 Å². The zero-order valence-corrected chi connectivity index (χ0v) is 13.0. The van der Waals surface area contributed by atoms with Crippen molar-refractivity contribution in [3.05, 3.63) is 35.6 Å². The van der Waals surface area contributed by atoms with Crippen LogP contribution in [0.4, 0.5) is 4.39 Å². The first-order valence-corrected chi connectivity index (χ1v) is 7.77. The van der Waals surface area contributed by atoms with Gasteiger partial charge in [-0.15, -0.1) is 0 Å². The van der Waals surface area contributed by atoms with E-state index in [1.54, 1.807) is 12.1 Å². The van der Waals surface area contributed by atoms with Crippen LogP contribution in [0.5, 0.6) is 0 Å². The maximum absolute atomic E-state index is 13.0. The van der Waals surface area contributed by atoms with Gasteiger partial charge >= 0.3 is 0 Å². The summed E-state index contributed by atoms with van der Waals surface area (Å²) in [5, 5.41) is 3.63. The highest BCUT2D eigenvalue weighted by atomic mass is 19.1. The molecule has 20 heavy (non-hydrogen) atoms. The van der Waals surface area contributed by atoms with E-state index in [0.29, 0.717) is 6.04 Å². The molecular formula is C17H27FN2. The number of halogens is 1. The summed E-state index contributed by atoms with van der Waals surface area (Å²) in [6.07, 6.45) is 3.55. The molecule has 0 spiro atoms. The Hall–Kier alpha value is -0.930. The van der Waals surface area contributed by atoms with Crippen LogP contribution in [0.15, 0.2) is 24.3 Å². The van der Waals surface area contributed by atoms with E-state index in [2.05, 4.69) is 31.0 Å². The molecule has 112 valence electrons. The van der Waals surface area contributed by atoms with E-state index in [9.17, 15) is 4.39 Å². The largest absolute Gasteiger partial charge is 0.312 e. The number of nitrogens with zero attached hydrogens (tertiary/aromatic N) is 1. The van der Waals surface area contributed by atoms with E-state index in [1.807, 2.05) is 12.1 Å². The fraction of sp³-hybridized carbons (Fsp3) is 0.647. The van der Waals surface area contributed by atoms with Crippen LogP contribution in [0.2, 0.25) is 0 Å². The Bertz CT molecular complexity index is 408. The molecule has 0 radical (unpaired) electrons. The molecule has 0 aromatic heterocycles. The molecule has 1 unspecified atom stereocenters. The smallest absolute Gasteiger partial charge is 0.123 e. The number of hydrogen-bond acceptors (Lipinski definition) is 2. The molecule has 0 amide bonds. The standard InChI is InChI=1S/C17H27FN2/c1-4-19-16(13-14-7-9-15(18)10-8-14)17(2,3)20-11-5-6-12-20/h7-10,16,19H,4-6,11-13H2,1-3H3. The van der Waals surface area contributed by atoms with Crippen LogP contribution < -0.4 is 5.32 Å². The fourth-order valence-corrected chi connectivity index (χ4v) is 3.19. The van der Waals surface area contributed by atoms with E-state index < -0.39 is 0 Å².